The lowest BCUT2D eigenvalue weighted by Gasteiger charge is -2.29. The first kappa shape index (κ1) is 17.0. The maximum absolute atomic E-state index is 12.0. The van der Waals surface area contributed by atoms with Gasteiger partial charge in [-0.3, -0.25) is 9.59 Å². The molecule has 1 aliphatic heterocycles. The van der Waals surface area contributed by atoms with Crippen LogP contribution in [0.3, 0.4) is 0 Å². The van der Waals surface area contributed by atoms with E-state index in [4.69, 9.17) is 4.74 Å². The van der Waals surface area contributed by atoms with Crippen LogP contribution in [0.2, 0.25) is 0 Å². The van der Waals surface area contributed by atoms with Crippen LogP contribution in [0.25, 0.3) is 0 Å². The predicted molar refractivity (Wildman–Crippen MR) is 82.3 cm³/mol. The van der Waals surface area contributed by atoms with Crippen LogP contribution in [0.4, 0.5) is 4.79 Å². The summed E-state index contributed by atoms with van der Waals surface area (Å²) < 4.78 is 9.78. The lowest BCUT2D eigenvalue weighted by molar-refractivity contribution is -0.155. The van der Waals surface area contributed by atoms with Crippen LogP contribution < -0.4 is 5.32 Å². The van der Waals surface area contributed by atoms with Crippen molar-refractivity contribution in [3.8, 4) is 0 Å². The second kappa shape index (κ2) is 8.31. The molecule has 23 heavy (non-hydrogen) atoms. The van der Waals surface area contributed by atoms with Crippen molar-refractivity contribution in [1.82, 2.24) is 5.32 Å². The molecule has 1 aliphatic rings. The van der Waals surface area contributed by atoms with Crippen LogP contribution in [0.1, 0.15) is 38.2 Å². The fraction of sp³-hybridized carbons (Fsp3) is 0.471. The number of alkyl carbamates (subject to hydrolysis) is 1. The van der Waals surface area contributed by atoms with Gasteiger partial charge in [0.25, 0.3) is 0 Å². The summed E-state index contributed by atoms with van der Waals surface area (Å²) >= 11 is 0. The summed E-state index contributed by atoms with van der Waals surface area (Å²) in [7, 11) is 0. The summed E-state index contributed by atoms with van der Waals surface area (Å²) in [6, 6.07) is 8.92. The number of amides is 1. The van der Waals surface area contributed by atoms with E-state index in [1.54, 1.807) is 0 Å². The molecule has 6 nitrogen and oxygen atoms in total. The SMILES string of the molecule is CCCCC1NC(=O)OC(=O)C1CC(=O)OCc1ccccc1. The molecule has 2 unspecified atom stereocenters. The third-order valence-corrected chi connectivity index (χ3v) is 3.78. The first-order chi connectivity index (χ1) is 11.1. The number of carbonyl (C=O) groups excluding carboxylic acids is 3. The van der Waals surface area contributed by atoms with Crippen molar-refractivity contribution < 1.29 is 23.9 Å². The normalized spacial score (nSPS) is 20.6. The zero-order valence-electron chi connectivity index (χ0n) is 13.1. The van der Waals surface area contributed by atoms with Crippen molar-refractivity contribution in [2.45, 2.75) is 45.3 Å². The van der Waals surface area contributed by atoms with Crippen LogP contribution in [-0.2, 0) is 25.7 Å². The molecule has 2 atom stereocenters. The molecule has 0 aromatic heterocycles. The van der Waals surface area contributed by atoms with Gasteiger partial charge in [-0.25, -0.2) is 4.79 Å². The summed E-state index contributed by atoms with van der Waals surface area (Å²) in [6.45, 7) is 2.18. The number of rotatable bonds is 7. The molecular weight excluding hydrogens is 298 g/mol. The van der Waals surface area contributed by atoms with Crippen molar-refractivity contribution in [2.24, 2.45) is 5.92 Å². The fourth-order valence-corrected chi connectivity index (χ4v) is 2.51. The molecular formula is C17H21NO5. The fourth-order valence-electron chi connectivity index (χ4n) is 2.51. The van der Waals surface area contributed by atoms with Crippen LogP contribution >= 0.6 is 0 Å². The average Bonchev–Trinajstić information content (AvgIpc) is 2.54. The molecule has 0 bridgehead atoms. The Labute approximate surface area is 135 Å². The predicted octanol–water partition coefficient (Wildman–Crippen LogP) is 2.56. The Morgan fingerprint density at radius 1 is 1.26 bits per heavy atom. The van der Waals surface area contributed by atoms with Crippen molar-refractivity contribution in [2.75, 3.05) is 0 Å². The molecule has 1 fully saturated rings. The molecule has 0 radical (unpaired) electrons. The van der Waals surface area contributed by atoms with E-state index in [1.807, 2.05) is 37.3 Å². The number of benzene rings is 1. The third kappa shape index (κ3) is 5.09. The minimum Gasteiger partial charge on any atom is -0.461 e. The standard InChI is InChI=1S/C17H21NO5/c1-2-3-9-14-13(16(20)23-17(21)18-14)10-15(19)22-11-12-7-5-4-6-8-12/h4-8,13-14H,2-3,9-11H2,1H3,(H,18,21). The molecule has 124 valence electrons. The van der Waals surface area contributed by atoms with Crippen LogP contribution in [0.5, 0.6) is 0 Å². The first-order valence-electron chi connectivity index (χ1n) is 7.82. The third-order valence-electron chi connectivity index (χ3n) is 3.78. The van der Waals surface area contributed by atoms with E-state index >= 15 is 0 Å². The molecule has 1 aromatic carbocycles. The Morgan fingerprint density at radius 3 is 2.70 bits per heavy atom. The van der Waals surface area contributed by atoms with Crippen molar-refractivity contribution in [3.05, 3.63) is 35.9 Å². The summed E-state index contributed by atoms with van der Waals surface area (Å²) in [5, 5.41) is 2.62. The van der Waals surface area contributed by atoms with Gasteiger partial charge in [0.05, 0.1) is 12.3 Å². The van der Waals surface area contributed by atoms with Crippen LogP contribution in [-0.4, -0.2) is 24.1 Å². The van der Waals surface area contributed by atoms with Crippen molar-refractivity contribution in [3.63, 3.8) is 0 Å². The van der Waals surface area contributed by atoms with Crippen molar-refractivity contribution in [1.29, 1.82) is 0 Å². The number of hydrogen-bond acceptors (Lipinski definition) is 5. The molecule has 1 amide bonds. The highest BCUT2D eigenvalue weighted by atomic mass is 16.6. The van der Waals surface area contributed by atoms with Crippen LogP contribution in [0.15, 0.2) is 30.3 Å². The zero-order valence-corrected chi connectivity index (χ0v) is 13.1. The van der Waals surface area contributed by atoms with Gasteiger partial charge < -0.3 is 14.8 Å². The second-order valence-electron chi connectivity index (χ2n) is 5.56. The van der Waals surface area contributed by atoms with Gasteiger partial charge in [0.2, 0.25) is 0 Å². The Balaban J connectivity index is 1.90. The number of esters is 2. The minimum atomic E-state index is -0.745. The topological polar surface area (TPSA) is 81.7 Å². The average molecular weight is 319 g/mol. The van der Waals surface area contributed by atoms with Gasteiger partial charge >= 0.3 is 18.0 Å². The summed E-state index contributed by atoms with van der Waals surface area (Å²) in [5.74, 6) is -1.83. The molecule has 0 spiro atoms. The first-order valence-corrected chi connectivity index (χ1v) is 7.82. The number of carbonyl (C=O) groups is 3. The minimum absolute atomic E-state index is 0.0969. The molecule has 1 heterocycles. The highest BCUT2D eigenvalue weighted by Gasteiger charge is 2.38. The van der Waals surface area contributed by atoms with E-state index in [-0.39, 0.29) is 19.1 Å². The van der Waals surface area contributed by atoms with Gasteiger partial charge in [0.15, 0.2) is 0 Å². The molecule has 1 aromatic rings. The Bertz CT molecular complexity index is 557. The van der Waals surface area contributed by atoms with E-state index in [0.717, 1.165) is 18.4 Å². The largest absolute Gasteiger partial charge is 0.461 e. The number of hydrogen-bond donors (Lipinski definition) is 1. The van der Waals surface area contributed by atoms with E-state index in [9.17, 15) is 14.4 Å². The Morgan fingerprint density at radius 2 is 2.00 bits per heavy atom. The summed E-state index contributed by atoms with van der Waals surface area (Å²) in [6.07, 6.45) is 1.58. The Kier molecular flexibility index (Phi) is 6.14. The number of cyclic esters (lactones) is 2. The van der Waals surface area contributed by atoms with E-state index in [0.29, 0.717) is 6.42 Å². The maximum atomic E-state index is 12.0. The molecule has 0 aliphatic carbocycles. The number of nitrogens with one attached hydrogen (secondary N) is 1. The second-order valence-corrected chi connectivity index (χ2v) is 5.56. The van der Waals surface area contributed by atoms with Gasteiger partial charge in [-0.05, 0) is 12.0 Å². The lowest BCUT2D eigenvalue weighted by Crippen LogP contribution is -2.51. The number of ether oxygens (including phenoxy) is 2. The molecule has 1 saturated heterocycles. The van der Waals surface area contributed by atoms with Gasteiger partial charge in [-0.15, -0.1) is 0 Å². The van der Waals surface area contributed by atoms with Gasteiger partial charge in [-0.2, -0.15) is 0 Å². The van der Waals surface area contributed by atoms with Crippen molar-refractivity contribution >= 4 is 18.0 Å². The maximum Gasteiger partial charge on any atom is 0.415 e. The Hall–Kier alpha value is -2.37. The quantitative estimate of drug-likeness (QED) is 0.617. The summed E-state index contributed by atoms with van der Waals surface area (Å²) in [4.78, 5) is 35.2. The highest BCUT2D eigenvalue weighted by molar-refractivity contribution is 5.91. The highest BCUT2D eigenvalue weighted by Crippen LogP contribution is 2.21. The van der Waals surface area contributed by atoms with Gasteiger partial charge in [0.1, 0.15) is 6.61 Å². The van der Waals surface area contributed by atoms with E-state index < -0.39 is 23.9 Å². The van der Waals surface area contributed by atoms with Gasteiger partial charge in [-0.1, -0.05) is 50.1 Å². The lowest BCUT2D eigenvalue weighted by atomic mass is 9.91. The number of unbranched alkanes of at least 4 members (excludes halogenated alkanes) is 1. The van der Waals surface area contributed by atoms with Crippen LogP contribution in [0, 0.1) is 5.92 Å². The van der Waals surface area contributed by atoms with E-state index in [2.05, 4.69) is 10.1 Å². The zero-order chi connectivity index (χ0) is 16.7. The molecule has 1 N–H and O–H groups in total. The van der Waals surface area contributed by atoms with E-state index in [1.165, 1.54) is 0 Å². The molecule has 6 heteroatoms. The monoisotopic (exact) mass is 319 g/mol. The summed E-state index contributed by atoms with van der Waals surface area (Å²) in [5.41, 5.74) is 0.878. The molecule has 2 rings (SSSR count). The molecule has 0 saturated carbocycles. The smallest absolute Gasteiger partial charge is 0.415 e. The van der Waals surface area contributed by atoms with Gasteiger partial charge in [0, 0.05) is 6.04 Å².